The quantitative estimate of drug-likeness (QED) is 0.481. The van der Waals surface area contributed by atoms with Crippen molar-refractivity contribution in [1.82, 2.24) is 9.29 Å². The molecule has 1 aliphatic heterocycles. The largest absolute Gasteiger partial charge is 0.593 e. The predicted octanol–water partition coefficient (Wildman–Crippen LogP) is 3.22. The lowest BCUT2D eigenvalue weighted by molar-refractivity contribution is 0.103. The molecule has 3 aromatic rings. The maximum Gasteiger partial charge on any atom is 0.272 e. The molecule has 2 atom stereocenters. The standard InChI is InChI=1S/C23H24N2O6S/c1-28-18-9-11-20(12-10-18)30-17-21-16-25(14-15-29-19-6-3-2-4-7-19)32(26,27)22-8-5-13-24-23(22)31-21/h2-13,21H,14-17H2,1H3. The number of hydrogen-bond acceptors (Lipinski definition) is 7. The number of pyridine rings is 1. The summed E-state index contributed by atoms with van der Waals surface area (Å²) >= 11 is 0. The third-order valence-corrected chi connectivity index (χ3v) is 6.77. The zero-order valence-electron chi connectivity index (χ0n) is 17.6. The molecule has 32 heavy (non-hydrogen) atoms. The van der Waals surface area contributed by atoms with Gasteiger partial charge in [0.15, 0.2) is 16.5 Å². The molecule has 0 saturated heterocycles. The first-order valence-corrected chi connectivity index (χ1v) is 11.6. The van der Waals surface area contributed by atoms with E-state index < -0.39 is 16.5 Å². The molecule has 0 aliphatic carbocycles. The molecule has 0 radical (unpaired) electrons. The van der Waals surface area contributed by atoms with Gasteiger partial charge in [-0.2, -0.15) is 0 Å². The molecule has 2 heterocycles. The Bertz CT molecular complexity index is 1060. The summed E-state index contributed by atoms with van der Waals surface area (Å²) in [5.41, 5.74) is 0. The normalized spacial score (nSPS) is 20.5. The molecule has 1 aliphatic rings. The maximum atomic E-state index is 13.3. The summed E-state index contributed by atoms with van der Waals surface area (Å²) in [6, 6.07) is 19.5. The number of fused-ring (bicyclic) bond motifs is 1. The number of hydrogen-bond donors (Lipinski definition) is 0. The number of aromatic nitrogens is 1. The van der Waals surface area contributed by atoms with E-state index in [1.54, 1.807) is 37.4 Å². The Balaban J connectivity index is 1.48. The Labute approximate surface area is 188 Å². The fourth-order valence-corrected chi connectivity index (χ4v) is 4.79. The predicted molar refractivity (Wildman–Crippen MR) is 118 cm³/mol. The average Bonchev–Trinajstić information content (AvgIpc) is 2.93. The fourth-order valence-electron chi connectivity index (χ4n) is 3.26. The molecule has 0 fully saturated rings. The minimum atomic E-state index is -3.80. The van der Waals surface area contributed by atoms with Crippen LogP contribution in [0.1, 0.15) is 0 Å². The van der Waals surface area contributed by atoms with Gasteiger partial charge < -0.3 is 23.5 Å². The fraction of sp³-hybridized carbons (Fsp3) is 0.261. The lowest BCUT2D eigenvalue weighted by Crippen LogP contribution is -2.44. The van der Waals surface area contributed by atoms with Gasteiger partial charge >= 0.3 is 0 Å². The Morgan fingerprint density at radius 2 is 1.75 bits per heavy atom. The van der Waals surface area contributed by atoms with Crippen LogP contribution in [0.15, 0.2) is 77.8 Å². The molecule has 4 rings (SSSR count). The zero-order chi connectivity index (χ0) is 22.4. The first-order valence-electron chi connectivity index (χ1n) is 10.1. The summed E-state index contributed by atoms with van der Waals surface area (Å²) in [5.74, 6) is 2.10. The molecule has 2 unspecified atom stereocenters. The molecule has 1 aromatic heterocycles. The van der Waals surface area contributed by atoms with Gasteiger partial charge in [-0.05, 0) is 42.5 Å². The molecule has 0 spiro atoms. The first kappa shape index (κ1) is 22.1. The summed E-state index contributed by atoms with van der Waals surface area (Å²) in [6.07, 6.45) is 0.948. The SMILES string of the molecule is COc1ccc(OCC2CN(CCOc3ccccc3)[S+](=O)([O-])c3cccnc3O2)cc1. The van der Waals surface area contributed by atoms with Crippen LogP contribution >= 0.6 is 0 Å². The Morgan fingerprint density at radius 3 is 2.50 bits per heavy atom. The van der Waals surface area contributed by atoms with Crippen LogP contribution in [0.3, 0.4) is 0 Å². The molecule has 0 bridgehead atoms. The Morgan fingerprint density at radius 1 is 1.03 bits per heavy atom. The second kappa shape index (κ2) is 9.99. The first-order chi connectivity index (χ1) is 15.6. The van der Waals surface area contributed by atoms with Gasteiger partial charge in [0.2, 0.25) is 4.90 Å². The van der Waals surface area contributed by atoms with Crippen molar-refractivity contribution < 1.29 is 27.7 Å². The molecule has 0 N–H and O–H groups in total. The highest BCUT2D eigenvalue weighted by atomic mass is 32.3. The van der Waals surface area contributed by atoms with Gasteiger partial charge in [-0.1, -0.05) is 22.4 Å². The molecular weight excluding hydrogens is 432 g/mol. The smallest absolute Gasteiger partial charge is 0.272 e. The zero-order valence-corrected chi connectivity index (χ0v) is 18.4. The van der Waals surface area contributed by atoms with E-state index in [1.807, 2.05) is 30.3 Å². The van der Waals surface area contributed by atoms with Crippen LogP contribution < -0.4 is 18.9 Å². The second-order valence-corrected chi connectivity index (χ2v) is 8.96. The van der Waals surface area contributed by atoms with Crippen molar-refractivity contribution >= 4 is 10.4 Å². The summed E-state index contributed by atoms with van der Waals surface area (Å²) in [6.45, 7) is 0.611. The molecule has 168 valence electrons. The van der Waals surface area contributed by atoms with Crippen LogP contribution in [-0.2, 0) is 14.6 Å². The van der Waals surface area contributed by atoms with E-state index >= 15 is 0 Å². The molecule has 2 aromatic carbocycles. The van der Waals surface area contributed by atoms with Crippen LogP contribution in [-0.4, -0.2) is 53.4 Å². The summed E-state index contributed by atoms with van der Waals surface area (Å²) < 4.78 is 50.5. The van der Waals surface area contributed by atoms with Crippen molar-refractivity contribution in [3.05, 3.63) is 72.9 Å². The molecular formula is C23H24N2O6S. The van der Waals surface area contributed by atoms with E-state index in [-0.39, 0.29) is 37.1 Å². The van der Waals surface area contributed by atoms with Gasteiger partial charge in [0.05, 0.1) is 20.2 Å². The summed E-state index contributed by atoms with van der Waals surface area (Å²) in [5, 5.41) is 0. The van der Waals surface area contributed by atoms with E-state index in [2.05, 4.69) is 4.98 Å². The van der Waals surface area contributed by atoms with Gasteiger partial charge in [-0.15, -0.1) is 4.31 Å². The average molecular weight is 457 g/mol. The van der Waals surface area contributed by atoms with Gasteiger partial charge in [0.25, 0.3) is 5.88 Å². The minimum absolute atomic E-state index is 0.0339. The third-order valence-electron chi connectivity index (χ3n) is 4.89. The number of rotatable bonds is 8. The lowest BCUT2D eigenvalue weighted by Gasteiger charge is -2.26. The van der Waals surface area contributed by atoms with Gasteiger partial charge in [-0.25, -0.2) is 4.98 Å². The number of nitrogens with zero attached hydrogens (tertiary/aromatic N) is 2. The number of benzene rings is 2. The summed E-state index contributed by atoms with van der Waals surface area (Å²) in [4.78, 5) is 4.17. The molecule has 0 amide bonds. The van der Waals surface area contributed by atoms with Crippen LogP contribution in [0.2, 0.25) is 0 Å². The van der Waals surface area contributed by atoms with Crippen molar-refractivity contribution in [2.75, 3.05) is 33.4 Å². The van der Waals surface area contributed by atoms with E-state index in [0.29, 0.717) is 11.5 Å². The van der Waals surface area contributed by atoms with Crippen molar-refractivity contribution in [1.29, 1.82) is 0 Å². The highest BCUT2D eigenvalue weighted by Gasteiger charge is 2.40. The van der Waals surface area contributed by atoms with Crippen molar-refractivity contribution in [2.45, 2.75) is 11.0 Å². The second-order valence-electron chi connectivity index (χ2n) is 7.06. The van der Waals surface area contributed by atoms with Crippen molar-refractivity contribution in [3.63, 3.8) is 0 Å². The number of ether oxygens (including phenoxy) is 4. The van der Waals surface area contributed by atoms with E-state index in [9.17, 15) is 8.76 Å². The van der Waals surface area contributed by atoms with Gasteiger partial charge in [-0.3, -0.25) is 0 Å². The van der Waals surface area contributed by atoms with Gasteiger partial charge in [0, 0.05) is 12.3 Å². The van der Waals surface area contributed by atoms with E-state index in [4.69, 9.17) is 18.9 Å². The molecule has 0 saturated carbocycles. The third kappa shape index (κ3) is 5.18. The monoisotopic (exact) mass is 456 g/mol. The number of sulfonamides is 1. The molecule has 9 heteroatoms. The minimum Gasteiger partial charge on any atom is -0.593 e. The molecule has 8 nitrogen and oxygen atoms in total. The van der Waals surface area contributed by atoms with Crippen LogP contribution in [0, 0.1) is 0 Å². The number of methoxy groups -OCH3 is 1. The van der Waals surface area contributed by atoms with Crippen molar-refractivity contribution in [2.24, 2.45) is 0 Å². The van der Waals surface area contributed by atoms with E-state index in [0.717, 1.165) is 5.75 Å². The lowest BCUT2D eigenvalue weighted by atomic mass is 10.3. The topological polar surface area (TPSA) is 93.2 Å². The highest BCUT2D eigenvalue weighted by molar-refractivity contribution is 7.95. The highest BCUT2D eigenvalue weighted by Crippen LogP contribution is 2.32. The maximum absolute atomic E-state index is 13.3. The number of para-hydroxylation sites is 1. The summed E-state index contributed by atoms with van der Waals surface area (Å²) in [7, 11) is -2.21. The Hall–Kier alpha value is -3.14. The van der Waals surface area contributed by atoms with E-state index in [1.165, 1.54) is 16.6 Å². The van der Waals surface area contributed by atoms with Crippen molar-refractivity contribution in [3.8, 4) is 23.1 Å². The van der Waals surface area contributed by atoms with Gasteiger partial charge in [0.1, 0.15) is 30.5 Å². The Kier molecular flexibility index (Phi) is 6.89. The van der Waals surface area contributed by atoms with Crippen LogP contribution in [0.5, 0.6) is 23.1 Å². The van der Waals surface area contributed by atoms with Crippen LogP contribution in [0.25, 0.3) is 0 Å². The van der Waals surface area contributed by atoms with Crippen LogP contribution in [0.4, 0.5) is 0 Å².